The molecule has 0 unspecified atom stereocenters. The Bertz CT molecular complexity index is 609. The van der Waals surface area contributed by atoms with Crippen molar-refractivity contribution in [2.24, 2.45) is 0 Å². The smallest absolute Gasteiger partial charge is 0.338 e. The van der Waals surface area contributed by atoms with E-state index in [2.05, 4.69) is 11.9 Å². The number of pyridine rings is 1. The van der Waals surface area contributed by atoms with Gasteiger partial charge < -0.3 is 9.64 Å². The van der Waals surface area contributed by atoms with Gasteiger partial charge in [0.25, 0.3) is 0 Å². The minimum absolute atomic E-state index is 0.240. The number of aromatic nitrogens is 1. The predicted molar refractivity (Wildman–Crippen MR) is 83.5 cm³/mol. The van der Waals surface area contributed by atoms with E-state index in [1.54, 1.807) is 18.5 Å². The van der Waals surface area contributed by atoms with Crippen LogP contribution in [0.25, 0.3) is 0 Å². The van der Waals surface area contributed by atoms with Crippen molar-refractivity contribution in [1.29, 1.82) is 0 Å². The Morgan fingerprint density at radius 1 is 1.29 bits per heavy atom. The molecule has 4 heteroatoms. The van der Waals surface area contributed by atoms with Crippen LogP contribution in [0.15, 0.2) is 42.7 Å². The number of carbonyl (C=O) groups excluding carboxylic acids is 1. The van der Waals surface area contributed by atoms with Crippen molar-refractivity contribution in [3.8, 4) is 0 Å². The Morgan fingerprint density at radius 2 is 2.10 bits per heavy atom. The highest BCUT2D eigenvalue weighted by molar-refractivity contribution is 5.90. The number of rotatable bonds is 5. The molecule has 0 atom stereocenters. The first-order valence-electron chi connectivity index (χ1n) is 6.98. The molecule has 110 valence electrons. The third-order valence-electron chi connectivity index (χ3n) is 3.27. The van der Waals surface area contributed by atoms with Gasteiger partial charge in [-0.05, 0) is 36.2 Å². The molecule has 0 aliphatic heterocycles. The van der Waals surface area contributed by atoms with E-state index in [1.165, 1.54) is 0 Å². The number of ether oxygens (including phenoxy) is 1. The van der Waals surface area contributed by atoms with E-state index in [0.29, 0.717) is 5.56 Å². The van der Waals surface area contributed by atoms with E-state index in [-0.39, 0.29) is 12.6 Å². The molecule has 0 saturated heterocycles. The van der Waals surface area contributed by atoms with Crippen LogP contribution in [0.2, 0.25) is 0 Å². The van der Waals surface area contributed by atoms with Crippen molar-refractivity contribution in [1.82, 2.24) is 4.98 Å². The maximum Gasteiger partial charge on any atom is 0.338 e. The van der Waals surface area contributed by atoms with Gasteiger partial charge in [-0.1, -0.05) is 13.0 Å². The van der Waals surface area contributed by atoms with Crippen molar-refractivity contribution >= 4 is 11.7 Å². The highest BCUT2D eigenvalue weighted by atomic mass is 16.5. The van der Waals surface area contributed by atoms with Crippen LogP contribution in [-0.2, 0) is 17.8 Å². The minimum Gasteiger partial charge on any atom is -0.457 e. The van der Waals surface area contributed by atoms with Crippen molar-refractivity contribution in [2.75, 3.05) is 19.0 Å². The van der Waals surface area contributed by atoms with Gasteiger partial charge in [0.2, 0.25) is 0 Å². The van der Waals surface area contributed by atoms with Gasteiger partial charge >= 0.3 is 5.97 Å². The van der Waals surface area contributed by atoms with Gasteiger partial charge in [-0.15, -0.1) is 0 Å². The summed E-state index contributed by atoms with van der Waals surface area (Å²) in [7, 11) is 3.99. The van der Waals surface area contributed by atoms with Crippen LogP contribution in [-0.4, -0.2) is 25.0 Å². The van der Waals surface area contributed by atoms with E-state index in [1.807, 2.05) is 43.3 Å². The van der Waals surface area contributed by atoms with Crippen molar-refractivity contribution in [3.05, 3.63) is 59.4 Å². The number of hydrogen-bond acceptors (Lipinski definition) is 4. The van der Waals surface area contributed by atoms with Gasteiger partial charge in [-0.2, -0.15) is 0 Å². The average molecular weight is 284 g/mol. The van der Waals surface area contributed by atoms with Crippen LogP contribution in [0.4, 0.5) is 5.69 Å². The maximum absolute atomic E-state index is 12.1. The Labute approximate surface area is 125 Å². The third kappa shape index (κ3) is 3.81. The summed E-state index contributed by atoms with van der Waals surface area (Å²) in [5, 5.41) is 0. The monoisotopic (exact) mass is 284 g/mol. The molecule has 0 amide bonds. The summed E-state index contributed by atoms with van der Waals surface area (Å²) in [6.45, 7) is 2.32. The molecule has 0 aliphatic rings. The molecular formula is C17H20N2O2. The number of benzene rings is 1. The maximum atomic E-state index is 12.1. The molecule has 0 fully saturated rings. The molecule has 0 radical (unpaired) electrons. The number of carbonyl (C=O) groups is 1. The summed E-state index contributed by atoms with van der Waals surface area (Å²) in [6.07, 6.45) is 4.26. The van der Waals surface area contributed by atoms with E-state index in [9.17, 15) is 4.79 Å². The van der Waals surface area contributed by atoms with Crippen molar-refractivity contribution < 1.29 is 9.53 Å². The van der Waals surface area contributed by atoms with Crippen molar-refractivity contribution in [3.63, 3.8) is 0 Å². The Balaban J connectivity index is 2.09. The first-order chi connectivity index (χ1) is 10.1. The summed E-state index contributed by atoms with van der Waals surface area (Å²) >= 11 is 0. The van der Waals surface area contributed by atoms with E-state index in [0.717, 1.165) is 23.2 Å². The molecule has 0 aliphatic carbocycles. The lowest BCUT2D eigenvalue weighted by molar-refractivity contribution is 0.0472. The van der Waals surface area contributed by atoms with Gasteiger partial charge in [-0.3, -0.25) is 4.98 Å². The third-order valence-corrected chi connectivity index (χ3v) is 3.27. The fourth-order valence-corrected chi connectivity index (χ4v) is 2.15. The molecular weight excluding hydrogens is 264 g/mol. The van der Waals surface area contributed by atoms with Crippen LogP contribution in [0.1, 0.15) is 28.4 Å². The van der Waals surface area contributed by atoms with Gasteiger partial charge in [0.05, 0.1) is 5.56 Å². The lowest BCUT2D eigenvalue weighted by atomic mass is 10.1. The SMILES string of the molecule is CCc1cc(C(=O)OCc2cccnc2)ccc1N(C)C. The molecule has 2 aromatic rings. The molecule has 1 aromatic heterocycles. The lowest BCUT2D eigenvalue weighted by Gasteiger charge is -2.17. The molecule has 1 heterocycles. The standard InChI is InChI=1S/C17H20N2O2/c1-4-14-10-15(7-8-16(14)19(2)3)17(20)21-12-13-6-5-9-18-11-13/h5-11H,4,12H2,1-3H3. The summed E-state index contributed by atoms with van der Waals surface area (Å²) in [6, 6.07) is 9.37. The minimum atomic E-state index is -0.307. The van der Waals surface area contributed by atoms with Crippen LogP contribution < -0.4 is 4.90 Å². The Hall–Kier alpha value is -2.36. The second-order valence-electron chi connectivity index (χ2n) is 5.03. The van der Waals surface area contributed by atoms with Crippen LogP contribution in [0, 0.1) is 0 Å². The lowest BCUT2D eigenvalue weighted by Crippen LogP contribution is -2.12. The zero-order chi connectivity index (χ0) is 15.2. The summed E-state index contributed by atoms with van der Waals surface area (Å²) in [4.78, 5) is 18.2. The van der Waals surface area contributed by atoms with E-state index in [4.69, 9.17) is 4.74 Å². The number of hydrogen-bond donors (Lipinski definition) is 0. The first-order valence-corrected chi connectivity index (χ1v) is 6.98. The van der Waals surface area contributed by atoms with Gasteiger partial charge in [0.15, 0.2) is 0 Å². The fourth-order valence-electron chi connectivity index (χ4n) is 2.15. The Kier molecular flexibility index (Phi) is 4.93. The molecule has 0 saturated carbocycles. The first kappa shape index (κ1) is 15.0. The summed E-state index contributed by atoms with van der Waals surface area (Å²) < 4.78 is 5.32. The van der Waals surface area contributed by atoms with Gasteiger partial charge in [0, 0.05) is 37.7 Å². The van der Waals surface area contributed by atoms with Crippen LogP contribution >= 0.6 is 0 Å². The summed E-state index contributed by atoms with van der Waals surface area (Å²) in [5.41, 5.74) is 3.73. The van der Waals surface area contributed by atoms with E-state index >= 15 is 0 Å². The Morgan fingerprint density at radius 3 is 2.71 bits per heavy atom. The molecule has 0 spiro atoms. The highest BCUT2D eigenvalue weighted by Gasteiger charge is 2.11. The number of anilines is 1. The molecule has 4 nitrogen and oxygen atoms in total. The molecule has 1 aromatic carbocycles. The second-order valence-corrected chi connectivity index (χ2v) is 5.03. The summed E-state index contributed by atoms with van der Waals surface area (Å²) in [5.74, 6) is -0.307. The van der Waals surface area contributed by atoms with Crippen LogP contribution in [0.5, 0.6) is 0 Å². The zero-order valence-corrected chi connectivity index (χ0v) is 12.7. The van der Waals surface area contributed by atoms with Crippen molar-refractivity contribution in [2.45, 2.75) is 20.0 Å². The average Bonchev–Trinajstić information content (AvgIpc) is 2.52. The molecule has 0 N–H and O–H groups in total. The topological polar surface area (TPSA) is 42.4 Å². The van der Waals surface area contributed by atoms with Gasteiger partial charge in [-0.25, -0.2) is 4.79 Å². The highest BCUT2D eigenvalue weighted by Crippen LogP contribution is 2.21. The second kappa shape index (κ2) is 6.88. The zero-order valence-electron chi connectivity index (χ0n) is 12.7. The van der Waals surface area contributed by atoms with Gasteiger partial charge in [0.1, 0.15) is 6.61 Å². The van der Waals surface area contributed by atoms with Crippen LogP contribution in [0.3, 0.4) is 0 Å². The quantitative estimate of drug-likeness (QED) is 0.791. The largest absolute Gasteiger partial charge is 0.457 e. The van der Waals surface area contributed by atoms with E-state index < -0.39 is 0 Å². The molecule has 0 bridgehead atoms. The number of esters is 1. The molecule has 2 rings (SSSR count). The normalized spacial score (nSPS) is 10.2. The predicted octanol–water partition coefficient (Wildman–Crippen LogP) is 3.07. The molecule has 21 heavy (non-hydrogen) atoms. The number of nitrogens with zero attached hydrogens (tertiary/aromatic N) is 2. The number of aryl methyl sites for hydroxylation is 1. The fraction of sp³-hybridized carbons (Fsp3) is 0.294.